The highest BCUT2D eigenvalue weighted by Gasteiger charge is 2.40. The molecule has 142 heavy (non-hydrogen) atoms. The van der Waals surface area contributed by atoms with Crippen molar-refractivity contribution in [2.24, 2.45) is 23.7 Å². The zero-order valence-electron chi connectivity index (χ0n) is 81.2. The molecule has 6 aliphatic rings. The molecule has 0 saturated carbocycles. The van der Waals surface area contributed by atoms with Gasteiger partial charge in [-0.25, -0.2) is 39.1 Å². The second-order valence-electron chi connectivity index (χ2n) is 37.1. The largest absolute Gasteiger partial charge is 0.444 e. The predicted octanol–water partition coefficient (Wildman–Crippen LogP) is 14.3. The number of alkyl halides is 2. The van der Waals surface area contributed by atoms with Gasteiger partial charge in [-0.3, -0.25) is 28.8 Å². The van der Waals surface area contributed by atoms with E-state index in [0.717, 1.165) is 58.5 Å². The van der Waals surface area contributed by atoms with Gasteiger partial charge in [-0.15, -0.1) is 23.2 Å². The molecule has 6 aliphatic heterocycles. The van der Waals surface area contributed by atoms with E-state index in [9.17, 15) is 63.6 Å². The molecule has 0 aliphatic carbocycles. The van der Waals surface area contributed by atoms with Gasteiger partial charge in [0.2, 0.25) is 30.1 Å². The molecule has 0 spiro atoms. The molecule has 1 N–H and O–H groups in total. The van der Waals surface area contributed by atoms with Crippen molar-refractivity contribution in [2.45, 2.75) is 130 Å². The molecule has 30 nitrogen and oxygen atoms in total. The van der Waals surface area contributed by atoms with E-state index in [2.05, 4.69) is 35.7 Å². The van der Waals surface area contributed by atoms with Crippen LogP contribution in [0.5, 0.6) is 0 Å². The molecule has 4 unspecified atom stereocenters. The average Bonchev–Trinajstić information content (AvgIpc) is 0.791. The van der Waals surface area contributed by atoms with E-state index in [1.165, 1.54) is 12.9 Å². The normalized spacial score (nSPS) is 18.5. The molecule has 35 heteroatoms. The molecule has 4 atom stereocenters. The smallest absolute Gasteiger partial charge is 0.410 e. The third-order valence-corrected chi connectivity index (χ3v) is 29.6. The number of rotatable bonds is 24. The number of amides is 2. The summed E-state index contributed by atoms with van der Waals surface area (Å²) in [5.41, 5.74) is 10.4. The summed E-state index contributed by atoms with van der Waals surface area (Å²) in [6, 6.07) is 63.5. The minimum atomic E-state index is -3.57. The van der Waals surface area contributed by atoms with Crippen LogP contribution in [0.1, 0.15) is 171 Å². The van der Waals surface area contributed by atoms with Crippen LogP contribution in [0, 0.1) is 103 Å². The third kappa shape index (κ3) is 37.8. The minimum Gasteiger partial charge on any atom is -0.444 e. The number of nitriles is 7. The number of benzene rings is 7. The van der Waals surface area contributed by atoms with E-state index in [0.29, 0.717) is 158 Å². The number of hydrogen-bond donors (Lipinski definition) is 1. The van der Waals surface area contributed by atoms with Crippen LogP contribution in [0.2, 0.25) is 0 Å². The van der Waals surface area contributed by atoms with Gasteiger partial charge < -0.3 is 29.5 Å². The monoisotopic (exact) mass is 2020 g/mol. The number of piperidine rings is 6. The van der Waals surface area contributed by atoms with Crippen LogP contribution < -0.4 is 5.32 Å². The van der Waals surface area contributed by atoms with Gasteiger partial charge in [0.25, 0.3) is 0 Å². The number of Topliss-reactive ketones (excluding diaryl/α,β-unsaturated/α-hetero) is 6. The van der Waals surface area contributed by atoms with E-state index in [1.807, 2.05) is 96.9 Å². The number of nitrogens with zero attached hydrogens (tertiary/aromatic N) is 13. The Morgan fingerprint density at radius 3 is 1.05 bits per heavy atom. The Kier molecular flexibility index (Phi) is 44.6. The van der Waals surface area contributed by atoms with Crippen molar-refractivity contribution in [1.29, 1.82) is 36.8 Å². The summed E-state index contributed by atoms with van der Waals surface area (Å²) in [5, 5.41) is 65.5. The van der Waals surface area contributed by atoms with Gasteiger partial charge in [0, 0.05) is 156 Å². The lowest BCUT2D eigenvalue weighted by Crippen LogP contribution is -2.47. The Morgan fingerprint density at radius 2 is 0.704 bits per heavy atom. The highest BCUT2D eigenvalue weighted by atomic mass is 35.5. The van der Waals surface area contributed by atoms with Crippen molar-refractivity contribution in [3.63, 3.8) is 0 Å². The molecule has 0 aromatic heterocycles. The summed E-state index contributed by atoms with van der Waals surface area (Å²) >= 11 is 11.3. The number of likely N-dealkylation sites (tertiary alicyclic amines) is 2. The van der Waals surface area contributed by atoms with Crippen LogP contribution in [-0.4, -0.2) is 239 Å². The van der Waals surface area contributed by atoms with Crippen LogP contribution in [0.4, 0.5) is 9.59 Å². The molecule has 2 amide bonds. The van der Waals surface area contributed by atoms with Crippen LogP contribution in [0.15, 0.2) is 187 Å². The van der Waals surface area contributed by atoms with Gasteiger partial charge in [-0.2, -0.15) is 45.4 Å². The summed E-state index contributed by atoms with van der Waals surface area (Å²) in [6.07, 6.45) is 9.84. The first kappa shape index (κ1) is 114. The predicted molar refractivity (Wildman–Crippen MR) is 542 cm³/mol. The van der Waals surface area contributed by atoms with E-state index in [4.69, 9.17) is 69.5 Å². The molecular weight excluding hydrogens is 1900 g/mol. The molecule has 0 radical (unpaired) electrons. The number of hydrogen-bond acceptors (Lipinski definition) is 25. The Morgan fingerprint density at radius 1 is 0.394 bits per heavy atom. The fourth-order valence-electron chi connectivity index (χ4n) is 15.8. The van der Waals surface area contributed by atoms with Crippen molar-refractivity contribution < 1.29 is 73.1 Å². The summed E-state index contributed by atoms with van der Waals surface area (Å²) in [7, 11) is -6.67. The lowest BCUT2D eigenvalue weighted by Gasteiger charge is -2.33. The minimum absolute atomic E-state index is 0.00727. The first-order valence-electron chi connectivity index (χ1n) is 46.6. The Hall–Kier alpha value is -13.0. The standard InChI is InChI=1S/C26H28N4O3S.C24H22ClN3O3S.C18H20N2O3.C16H19ClN2O3S.C13H14N2O.C10H17NO3/c1-29(2)12-3-13-34(32,33)30-18-24(14-20-4-8-22(16-27)9-5-20)26(31)25(19-30)15-21-6-10-23(17-28)11-7-21;25-10-1-11-32(30,31)28-16-22(12-18-2-6-20(14-26)7-3-18)24(29)23(17-28)13-19-4-8-21(15-27)9-5-19;1-18(2,3)23-17(22)20-9-8-16(21)15(12-20)10-13-4-6-14(11-19)7-5-13;17-7-1-9-23(21,22)19-8-6-16(20)15(12-19)10-13-2-4-14(11-18)5-3-13;14-8-11-3-1-10(2-4-11)7-12-9-15-6-5-13(12)16;1-10(2,3)14-9(13)11-6-4-8(12)5-7-11/h4-11,14,25H,3,12-13,15,18-19H2,1-2H3;2-9,12,23H,1,10-11,13,16-17H2;4-7,10H,8-9,12H2,1-3H3;2-5,15H,1,6-10,12H2;1-4,12,15H,5-7,9H2;4-7H2,1-3H3/b24-14+;22-12+;15-10+;;;. The van der Waals surface area contributed by atoms with Gasteiger partial charge in [0.1, 0.15) is 28.6 Å². The van der Waals surface area contributed by atoms with Crippen molar-refractivity contribution in [2.75, 3.05) is 128 Å². The Bertz CT molecular complexity index is 6350. The zero-order chi connectivity index (χ0) is 104. The van der Waals surface area contributed by atoms with E-state index in [1.54, 1.807) is 174 Å². The fourth-order valence-corrected chi connectivity index (χ4v) is 20.9. The molecule has 13 rings (SSSR count). The summed E-state index contributed by atoms with van der Waals surface area (Å²) in [4.78, 5) is 102. The molecular formula is C107H120Cl2N14O16S3. The summed E-state index contributed by atoms with van der Waals surface area (Å²) in [5.74, 6) is -0.225. The van der Waals surface area contributed by atoms with Gasteiger partial charge in [0.15, 0.2) is 17.3 Å². The maximum Gasteiger partial charge on any atom is 0.410 e. The molecule has 7 aromatic rings. The lowest BCUT2D eigenvalue weighted by atomic mass is 9.87. The highest BCUT2D eigenvalue weighted by Crippen LogP contribution is 2.31. The lowest BCUT2D eigenvalue weighted by molar-refractivity contribution is -0.125. The van der Waals surface area contributed by atoms with E-state index in [-0.39, 0.29) is 122 Å². The third-order valence-electron chi connectivity index (χ3n) is 23.4. The second kappa shape index (κ2) is 55.4. The van der Waals surface area contributed by atoms with Crippen molar-refractivity contribution in [3.05, 3.63) is 264 Å². The molecule has 0 bridgehead atoms. The van der Waals surface area contributed by atoms with Gasteiger partial charge in [0.05, 0.1) is 105 Å². The highest BCUT2D eigenvalue weighted by molar-refractivity contribution is 7.89. The maximum absolute atomic E-state index is 13.4. The van der Waals surface area contributed by atoms with Gasteiger partial charge in [-0.05, 0) is 249 Å². The maximum atomic E-state index is 13.4. The zero-order valence-corrected chi connectivity index (χ0v) is 85.2. The first-order chi connectivity index (χ1) is 67.5. The summed E-state index contributed by atoms with van der Waals surface area (Å²) in [6.45, 7) is 15.6. The number of sulfonamides is 3. The van der Waals surface area contributed by atoms with Gasteiger partial charge in [-0.1, -0.05) is 84.9 Å². The van der Waals surface area contributed by atoms with Crippen LogP contribution >= 0.6 is 23.2 Å². The molecule has 7 aromatic carbocycles. The fraction of sp³-hybridized carbons (Fsp3) is 0.411. The molecule has 6 saturated heterocycles. The number of halogens is 2. The number of carbonyl (C=O) groups is 8. The van der Waals surface area contributed by atoms with E-state index >= 15 is 0 Å². The number of carbonyl (C=O) groups excluding carboxylic acids is 8. The molecule has 6 fully saturated rings. The Labute approximate surface area is 844 Å². The van der Waals surface area contributed by atoms with Crippen molar-refractivity contribution >= 4 is 118 Å². The molecule has 6 heterocycles. The number of ether oxygens (including phenoxy) is 2. The van der Waals surface area contributed by atoms with Crippen LogP contribution in [-0.2, 0) is 94.0 Å². The van der Waals surface area contributed by atoms with Crippen LogP contribution in [0.3, 0.4) is 0 Å². The van der Waals surface area contributed by atoms with Crippen molar-refractivity contribution in [3.8, 4) is 42.5 Å². The topological polar surface area (TPSA) is 455 Å². The summed E-state index contributed by atoms with van der Waals surface area (Å²) < 4.78 is 91.3. The second-order valence-corrected chi connectivity index (χ2v) is 44.1. The SMILES string of the molecule is CC(C)(C)OC(=O)N1CCC(=O)/C(=C/c2ccc(C#N)cc2)C1.CC(C)(C)OC(=O)N1CCC(=O)CC1.CN(C)CCCS(=O)(=O)N1C/C(=C\c2ccc(C#N)cc2)C(=O)C(Cc2ccc(C#N)cc2)C1.N#Cc1ccc(/C=C2\CN(S(=O)(=O)CCCCl)CC(Cc3ccc(C#N)cc3)C2=O)cc1.N#Cc1ccc(CC2CN(S(=O)(=O)CCCCl)CCC2=O)cc1.N#Cc1ccc(CC2CNCCC2=O)cc1. The molecule has 746 valence electrons. The number of ketones is 6. The average molecular weight is 2030 g/mol. The first-order valence-corrected chi connectivity index (χ1v) is 52.5. The number of nitrogens with one attached hydrogen (secondary N) is 1. The Balaban J connectivity index is 0.000000214. The van der Waals surface area contributed by atoms with Gasteiger partial charge >= 0.3 is 12.2 Å². The van der Waals surface area contributed by atoms with Crippen LogP contribution in [0.25, 0.3) is 18.2 Å². The quantitative estimate of drug-likeness (QED) is 0.0434. The van der Waals surface area contributed by atoms with Crippen molar-refractivity contribution in [1.82, 2.24) is 32.9 Å². The van der Waals surface area contributed by atoms with E-state index < -0.39 is 59.2 Å².